The van der Waals surface area contributed by atoms with Gasteiger partial charge in [0.25, 0.3) is 0 Å². The molecule has 0 spiro atoms. The molecular formula is C14H20N2O2. The molecule has 1 aromatic carbocycles. The molecule has 4 nitrogen and oxygen atoms in total. The molecule has 4 heteroatoms. The molecule has 1 aliphatic heterocycles. The number of benzene rings is 1. The van der Waals surface area contributed by atoms with E-state index in [9.17, 15) is 4.79 Å². The maximum atomic E-state index is 11.9. The number of hydrogen-bond donors (Lipinski definition) is 2. The zero-order valence-electron chi connectivity index (χ0n) is 10.8. The Morgan fingerprint density at radius 2 is 2.17 bits per heavy atom. The second kappa shape index (κ2) is 5.40. The molecule has 0 saturated carbocycles. The fraction of sp³-hybridized carbons (Fsp3) is 0.500. The Balaban J connectivity index is 1.96. The highest BCUT2D eigenvalue weighted by molar-refractivity contribution is 5.79. The molecule has 1 heterocycles. The Hall–Kier alpha value is -1.55. The van der Waals surface area contributed by atoms with Crippen molar-refractivity contribution in [3.8, 4) is 5.75 Å². The van der Waals surface area contributed by atoms with E-state index in [2.05, 4.69) is 5.32 Å². The Morgan fingerprint density at radius 3 is 2.89 bits per heavy atom. The van der Waals surface area contributed by atoms with Gasteiger partial charge in [-0.2, -0.15) is 0 Å². The number of hydrogen-bond acceptors (Lipinski definition) is 3. The van der Waals surface area contributed by atoms with Crippen LogP contribution in [0.1, 0.15) is 19.4 Å². The van der Waals surface area contributed by atoms with Crippen molar-refractivity contribution in [3.63, 3.8) is 0 Å². The van der Waals surface area contributed by atoms with Crippen LogP contribution in [0.15, 0.2) is 24.3 Å². The fourth-order valence-corrected chi connectivity index (χ4v) is 1.99. The molecule has 98 valence electrons. The monoisotopic (exact) mass is 248 g/mol. The first kappa shape index (κ1) is 12.9. The van der Waals surface area contributed by atoms with Crippen LogP contribution in [0.25, 0.3) is 0 Å². The molecule has 3 N–H and O–H groups in total. The van der Waals surface area contributed by atoms with Gasteiger partial charge in [-0.1, -0.05) is 25.1 Å². The maximum absolute atomic E-state index is 11.9. The number of nitrogens with one attached hydrogen (secondary N) is 1. The molecule has 0 radical (unpaired) electrons. The third-order valence-electron chi connectivity index (χ3n) is 3.43. The number of nitrogens with two attached hydrogens (primary N) is 1. The van der Waals surface area contributed by atoms with Gasteiger partial charge in [-0.05, 0) is 25.0 Å². The van der Waals surface area contributed by atoms with Gasteiger partial charge in [0, 0.05) is 12.0 Å². The van der Waals surface area contributed by atoms with Gasteiger partial charge in [0.2, 0.25) is 5.91 Å². The number of ether oxygens (including phenoxy) is 1. The van der Waals surface area contributed by atoms with Crippen LogP contribution < -0.4 is 15.8 Å². The first-order valence-electron chi connectivity index (χ1n) is 6.34. The van der Waals surface area contributed by atoms with E-state index in [1.54, 1.807) is 0 Å². The minimum atomic E-state index is -0.179. The van der Waals surface area contributed by atoms with Crippen LogP contribution in [0.4, 0.5) is 0 Å². The van der Waals surface area contributed by atoms with E-state index < -0.39 is 0 Å². The number of carbonyl (C=O) groups excluding carboxylic acids is 1. The van der Waals surface area contributed by atoms with Crippen LogP contribution in [0, 0.1) is 5.92 Å². The summed E-state index contributed by atoms with van der Waals surface area (Å²) in [6.07, 6.45) is 0.813. The summed E-state index contributed by atoms with van der Waals surface area (Å²) in [6.45, 7) is 4.21. The average Bonchev–Trinajstić information content (AvgIpc) is 2.37. The molecule has 0 saturated heterocycles. The molecule has 18 heavy (non-hydrogen) atoms. The second-order valence-electron chi connectivity index (χ2n) is 4.98. The van der Waals surface area contributed by atoms with Crippen LogP contribution in [0.5, 0.6) is 5.75 Å². The summed E-state index contributed by atoms with van der Waals surface area (Å²) in [5, 5.41) is 3.00. The van der Waals surface area contributed by atoms with Gasteiger partial charge in [0.05, 0.1) is 6.04 Å². The Labute approximate surface area is 108 Å². The first-order chi connectivity index (χ1) is 8.58. The minimum absolute atomic E-state index is 0.00187. The molecule has 1 aromatic rings. The Kier molecular flexibility index (Phi) is 3.87. The summed E-state index contributed by atoms with van der Waals surface area (Å²) in [6, 6.07) is 7.82. The van der Waals surface area contributed by atoms with Crippen molar-refractivity contribution in [1.82, 2.24) is 5.32 Å². The molecule has 0 bridgehead atoms. The molecule has 1 amide bonds. The third-order valence-corrected chi connectivity index (χ3v) is 3.43. The summed E-state index contributed by atoms with van der Waals surface area (Å²) in [5.41, 5.74) is 6.87. The number of rotatable bonds is 3. The van der Waals surface area contributed by atoms with Crippen LogP contribution in [-0.2, 0) is 11.2 Å². The predicted octanol–water partition coefficient (Wildman–Crippen LogP) is 1.09. The van der Waals surface area contributed by atoms with E-state index in [1.807, 2.05) is 38.1 Å². The Morgan fingerprint density at radius 1 is 1.44 bits per heavy atom. The molecule has 3 unspecified atom stereocenters. The summed E-state index contributed by atoms with van der Waals surface area (Å²) in [5.74, 6) is 0.739. The maximum Gasteiger partial charge on any atom is 0.224 e. The lowest BCUT2D eigenvalue weighted by Crippen LogP contribution is -2.47. The zero-order valence-corrected chi connectivity index (χ0v) is 10.8. The van der Waals surface area contributed by atoms with Crippen molar-refractivity contribution in [2.75, 3.05) is 6.61 Å². The number of fused-ring (bicyclic) bond motifs is 1. The average molecular weight is 248 g/mol. The SMILES string of the molecule is CC(N)C(C)C(=O)NC1COc2ccccc2C1. The van der Waals surface area contributed by atoms with Crippen LogP contribution in [0.3, 0.4) is 0 Å². The minimum Gasteiger partial charge on any atom is -0.491 e. The van der Waals surface area contributed by atoms with Crippen molar-refractivity contribution in [1.29, 1.82) is 0 Å². The highest BCUT2D eigenvalue weighted by atomic mass is 16.5. The Bertz CT molecular complexity index is 432. The van der Waals surface area contributed by atoms with E-state index in [0.717, 1.165) is 17.7 Å². The highest BCUT2D eigenvalue weighted by Crippen LogP contribution is 2.23. The second-order valence-corrected chi connectivity index (χ2v) is 4.98. The lowest BCUT2D eigenvalue weighted by molar-refractivity contribution is -0.126. The lowest BCUT2D eigenvalue weighted by atomic mass is 10.00. The summed E-state index contributed by atoms with van der Waals surface area (Å²) in [7, 11) is 0. The van der Waals surface area contributed by atoms with Crippen LogP contribution in [0.2, 0.25) is 0 Å². The van der Waals surface area contributed by atoms with Crippen molar-refractivity contribution >= 4 is 5.91 Å². The summed E-state index contributed by atoms with van der Waals surface area (Å²) >= 11 is 0. The normalized spacial score (nSPS) is 21.4. The highest BCUT2D eigenvalue weighted by Gasteiger charge is 2.24. The van der Waals surface area contributed by atoms with Gasteiger partial charge in [-0.3, -0.25) is 4.79 Å². The number of para-hydroxylation sites is 1. The first-order valence-corrected chi connectivity index (χ1v) is 6.34. The van der Waals surface area contributed by atoms with E-state index >= 15 is 0 Å². The molecular weight excluding hydrogens is 228 g/mol. The van der Waals surface area contributed by atoms with Gasteiger partial charge in [0.15, 0.2) is 0 Å². The van der Waals surface area contributed by atoms with Gasteiger partial charge in [0.1, 0.15) is 12.4 Å². The smallest absolute Gasteiger partial charge is 0.224 e. The zero-order chi connectivity index (χ0) is 13.1. The molecule has 3 atom stereocenters. The van der Waals surface area contributed by atoms with Gasteiger partial charge in [-0.15, -0.1) is 0 Å². The van der Waals surface area contributed by atoms with Gasteiger partial charge in [-0.25, -0.2) is 0 Å². The van der Waals surface area contributed by atoms with Crippen molar-refractivity contribution in [2.24, 2.45) is 11.7 Å². The van der Waals surface area contributed by atoms with E-state index in [4.69, 9.17) is 10.5 Å². The molecule has 0 aliphatic carbocycles. The quantitative estimate of drug-likeness (QED) is 0.841. The van der Waals surface area contributed by atoms with E-state index in [0.29, 0.717) is 6.61 Å². The lowest BCUT2D eigenvalue weighted by Gasteiger charge is -2.27. The van der Waals surface area contributed by atoms with E-state index in [-0.39, 0.29) is 23.9 Å². The molecule has 1 aliphatic rings. The van der Waals surface area contributed by atoms with Crippen molar-refractivity contribution in [2.45, 2.75) is 32.4 Å². The summed E-state index contributed by atoms with van der Waals surface area (Å²) in [4.78, 5) is 11.9. The number of amides is 1. The third kappa shape index (κ3) is 2.82. The molecule has 2 rings (SSSR count). The largest absolute Gasteiger partial charge is 0.491 e. The van der Waals surface area contributed by atoms with Crippen LogP contribution >= 0.6 is 0 Å². The van der Waals surface area contributed by atoms with E-state index in [1.165, 1.54) is 0 Å². The van der Waals surface area contributed by atoms with Crippen molar-refractivity contribution < 1.29 is 9.53 Å². The summed E-state index contributed by atoms with van der Waals surface area (Å²) < 4.78 is 5.63. The predicted molar refractivity (Wildman–Crippen MR) is 70.4 cm³/mol. The van der Waals surface area contributed by atoms with Crippen molar-refractivity contribution in [3.05, 3.63) is 29.8 Å². The van der Waals surface area contributed by atoms with Gasteiger partial charge < -0.3 is 15.8 Å². The molecule has 0 fully saturated rings. The van der Waals surface area contributed by atoms with Crippen LogP contribution in [-0.4, -0.2) is 24.6 Å². The van der Waals surface area contributed by atoms with Gasteiger partial charge >= 0.3 is 0 Å². The topological polar surface area (TPSA) is 64.4 Å². The standard InChI is InChI=1S/C14H20N2O2/c1-9(10(2)15)14(17)16-12-7-11-5-3-4-6-13(11)18-8-12/h3-6,9-10,12H,7-8,15H2,1-2H3,(H,16,17). The number of carbonyl (C=O) groups is 1. The molecule has 0 aromatic heterocycles. The fourth-order valence-electron chi connectivity index (χ4n) is 1.99.